The fraction of sp³-hybridized carbons (Fsp3) is 0.625. The number of nitrogens with two attached hydrogens (primary N) is 1. The Bertz CT molecular complexity index is 235. The van der Waals surface area contributed by atoms with E-state index in [1.165, 1.54) is 0 Å². The first kappa shape index (κ1) is 9.39. The lowest BCUT2D eigenvalue weighted by atomic mass is 10.3. The molecule has 0 aromatic heterocycles. The monoisotopic (exact) mass is 188 g/mol. The lowest BCUT2D eigenvalue weighted by Gasteiger charge is -2.20. The van der Waals surface area contributed by atoms with Gasteiger partial charge in [0, 0.05) is 18.5 Å². The number of carbonyl (C=O) groups excluding carboxylic acids is 1. The number of rotatable bonds is 2. The average Bonchev–Trinajstić information content (AvgIpc) is 2.30. The third kappa shape index (κ3) is 1.41. The molecule has 1 heterocycles. The van der Waals surface area contributed by atoms with Crippen LogP contribution in [0, 0.1) is 0 Å². The van der Waals surface area contributed by atoms with Crippen molar-refractivity contribution >= 4 is 17.5 Å². The van der Waals surface area contributed by atoms with Gasteiger partial charge in [-0.15, -0.1) is 11.6 Å². The van der Waals surface area contributed by atoms with E-state index in [9.17, 15) is 4.79 Å². The number of alkyl halides is 1. The topological polar surface area (TPSA) is 46.3 Å². The maximum Gasteiger partial charge on any atom is 0.270 e. The molecule has 2 N–H and O–H groups in total. The molecule has 0 spiro atoms. The molecular weight excluding hydrogens is 176 g/mol. The lowest BCUT2D eigenvalue weighted by molar-refractivity contribution is -0.126. The van der Waals surface area contributed by atoms with Gasteiger partial charge in [-0.1, -0.05) is 0 Å². The zero-order chi connectivity index (χ0) is 9.30. The molecule has 3 nitrogen and oxygen atoms in total. The minimum Gasteiger partial charge on any atom is -0.394 e. The molecule has 68 valence electrons. The summed E-state index contributed by atoms with van der Waals surface area (Å²) in [6, 6.07) is 0.191. The molecule has 12 heavy (non-hydrogen) atoms. The SMILES string of the molecule is CC(C)N1CC(CCl)=C(N)C1=O. The van der Waals surface area contributed by atoms with Gasteiger partial charge in [-0.3, -0.25) is 4.79 Å². The van der Waals surface area contributed by atoms with Crippen molar-refractivity contribution in [2.24, 2.45) is 5.73 Å². The van der Waals surface area contributed by atoms with Crippen LogP contribution < -0.4 is 5.73 Å². The summed E-state index contributed by atoms with van der Waals surface area (Å²) in [6.07, 6.45) is 0. The van der Waals surface area contributed by atoms with Crippen LogP contribution in [-0.2, 0) is 4.79 Å². The Balaban J connectivity index is 2.79. The number of hydrogen-bond acceptors (Lipinski definition) is 2. The number of amides is 1. The predicted molar refractivity (Wildman–Crippen MR) is 48.8 cm³/mol. The van der Waals surface area contributed by atoms with E-state index < -0.39 is 0 Å². The second kappa shape index (κ2) is 3.35. The standard InChI is InChI=1S/C8H13ClN2O/c1-5(2)11-4-6(3-9)7(10)8(11)12/h5H,3-4,10H2,1-2H3. The molecule has 0 atom stereocenters. The summed E-state index contributed by atoms with van der Waals surface area (Å²) in [6.45, 7) is 4.51. The molecule has 0 unspecified atom stereocenters. The van der Waals surface area contributed by atoms with Gasteiger partial charge in [-0.05, 0) is 19.4 Å². The second-order valence-electron chi connectivity index (χ2n) is 3.18. The minimum atomic E-state index is -0.0827. The Morgan fingerprint density at radius 1 is 1.67 bits per heavy atom. The van der Waals surface area contributed by atoms with E-state index in [1.54, 1.807) is 4.90 Å². The first-order valence-corrected chi connectivity index (χ1v) is 4.45. The van der Waals surface area contributed by atoms with Crippen molar-refractivity contribution in [2.45, 2.75) is 19.9 Å². The number of hydrogen-bond donors (Lipinski definition) is 1. The van der Waals surface area contributed by atoms with E-state index >= 15 is 0 Å². The summed E-state index contributed by atoms with van der Waals surface area (Å²) in [5.74, 6) is 0.265. The highest BCUT2D eigenvalue weighted by molar-refractivity contribution is 6.20. The molecule has 0 aliphatic carbocycles. The van der Waals surface area contributed by atoms with Gasteiger partial charge in [0.15, 0.2) is 0 Å². The van der Waals surface area contributed by atoms with E-state index in [1.807, 2.05) is 13.8 Å². The molecule has 0 aromatic rings. The quantitative estimate of drug-likeness (QED) is 0.649. The molecule has 0 fully saturated rings. The van der Waals surface area contributed by atoms with Crippen molar-refractivity contribution in [2.75, 3.05) is 12.4 Å². The second-order valence-corrected chi connectivity index (χ2v) is 3.44. The van der Waals surface area contributed by atoms with Crippen LogP contribution in [0.15, 0.2) is 11.3 Å². The van der Waals surface area contributed by atoms with Crippen molar-refractivity contribution in [3.05, 3.63) is 11.3 Å². The molecule has 1 aliphatic heterocycles. The average molecular weight is 189 g/mol. The fourth-order valence-electron chi connectivity index (χ4n) is 1.20. The molecule has 0 saturated carbocycles. The molecule has 1 amide bonds. The van der Waals surface area contributed by atoms with Crippen LogP contribution in [0.1, 0.15) is 13.8 Å². The van der Waals surface area contributed by atoms with Crippen molar-refractivity contribution in [1.29, 1.82) is 0 Å². The first-order valence-electron chi connectivity index (χ1n) is 3.92. The molecule has 1 rings (SSSR count). The van der Waals surface area contributed by atoms with Crippen molar-refractivity contribution in [3.8, 4) is 0 Å². The summed E-state index contributed by atoms with van der Waals surface area (Å²) in [7, 11) is 0. The van der Waals surface area contributed by atoms with Gasteiger partial charge in [0.2, 0.25) is 0 Å². The molecule has 1 aliphatic rings. The highest BCUT2D eigenvalue weighted by atomic mass is 35.5. The highest BCUT2D eigenvalue weighted by Gasteiger charge is 2.29. The molecule has 4 heteroatoms. The summed E-state index contributed by atoms with van der Waals surface area (Å²) in [5.41, 5.74) is 6.74. The third-order valence-corrected chi connectivity index (χ3v) is 2.34. The molecular formula is C8H13ClN2O. The Kier molecular flexibility index (Phi) is 2.62. The summed E-state index contributed by atoms with van der Waals surface area (Å²) in [5, 5.41) is 0. The third-order valence-electron chi connectivity index (χ3n) is 2.02. The van der Waals surface area contributed by atoms with Crippen LogP contribution in [0.25, 0.3) is 0 Å². The van der Waals surface area contributed by atoms with E-state index in [0.717, 1.165) is 5.57 Å². The van der Waals surface area contributed by atoms with Crippen molar-refractivity contribution in [3.63, 3.8) is 0 Å². The van der Waals surface area contributed by atoms with Gasteiger partial charge in [0.05, 0.1) is 5.70 Å². The van der Waals surface area contributed by atoms with Crippen LogP contribution in [0.2, 0.25) is 0 Å². The minimum absolute atomic E-state index is 0.0827. The Labute approximate surface area is 77.2 Å². The normalized spacial score (nSPS) is 18.3. The van der Waals surface area contributed by atoms with Gasteiger partial charge in [0.25, 0.3) is 5.91 Å². The highest BCUT2D eigenvalue weighted by Crippen LogP contribution is 2.18. The van der Waals surface area contributed by atoms with Crippen LogP contribution >= 0.6 is 11.6 Å². The maximum absolute atomic E-state index is 11.4. The van der Waals surface area contributed by atoms with Crippen molar-refractivity contribution in [1.82, 2.24) is 4.90 Å². The molecule has 0 saturated heterocycles. The van der Waals surface area contributed by atoms with Gasteiger partial charge in [-0.2, -0.15) is 0 Å². The molecule has 0 aromatic carbocycles. The Morgan fingerprint density at radius 2 is 2.25 bits per heavy atom. The summed E-state index contributed by atoms with van der Waals surface area (Å²) < 4.78 is 0. The van der Waals surface area contributed by atoms with Gasteiger partial charge in [0.1, 0.15) is 0 Å². The maximum atomic E-state index is 11.4. The zero-order valence-electron chi connectivity index (χ0n) is 7.30. The van der Waals surface area contributed by atoms with E-state index in [4.69, 9.17) is 17.3 Å². The van der Waals surface area contributed by atoms with Crippen LogP contribution in [-0.4, -0.2) is 29.3 Å². The van der Waals surface area contributed by atoms with Crippen molar-refractivity contribution < 1.29 is 4.79 Å². The smallest absolute Gasteiger partial charge is 0.270 e. The Hall–Kier alpha value is -0.700. The summed E-state index contributed by atoms with van der Waals surface area (Å²) >= 11 is 5.62. The predicted octanol–water partition coefficient (Wildman–Crippen LogP) is 0.689. The van der Waals surface area contributed by atoms with Crippen LogP contribution in [0.4, 0.5) is 0 Å². The first-order chi connectivity index (χ1) is 5.57. The van der Waals surface area contributed by atoms with Crippen LogP contribution in [0.3, 0.4) is 0 Å². The molecule has 0 bridgehead atoms. The van der Waals surface area contributed by atoms with E-state index in [0.29, 0.717) is 18.1 Å². The van der Waals surface area contributed by atoms with E-state index in [2.05, 4.69) is 0 Å². The van der Waals surface area contributed by atoms with Gasteiger partial charge < -0.3 is 10.6 Å². The largest absolute Gasteiger partial charge is 0.394 e. The zero-order valence-corrected chi connectivity index (χ0v) is 8.06. The fourth-order valence-corrected chi connectivity index (χ4v) is 1.43. The molecule has 0 radical (unpaired) electrons. The van der Waals surface area contributed by atoms with E-state index in [-0.39, 0.29) is 11.9 Å². The van der Waals surface area contributed by atoms with Gasteiger partial charge >= 0.3 is 0 Å². The number of nitrogens with zero attached hydrogens (tertiary/aromatic N) is 1. The lowest BCUT2D eigenvalue weighted by Crippen LogP contribution is -2.34. The van der Waals surface area contributed by atoms with Crippen LogP contribution in [0.5, 0.6) is 0 Å². The van der Waals surface area contributed by atoms with Gasteiger partial charge in [-0.25, -0.2) is 0 Å². The number of carbonyl (C=O) groups is 1. The summed E-state index contributed by atoms with van der Waals surface area (Å²) in [4.78, 5) is 13.1. The Morgan fingerprint density at radius 3 is 2.50 bits per heavy atom. The number of halogens is 1.